The van der Waals surface area contributed by atoms with Crippen molar-refractivity contribution in [1.82, 2.24) is 10.9 Å². The lowest BCUT2D eigenvalue weighted by molar-refractivity contribution is -0.168. The van der Waals surface area contributed by atoms with Gasteiger partial charge in [0.25, 0.3) is 0 Å². The maximum Gasteiger partial charge on any atom is 0.395 e. The van der Waals surface area contributed by atoms with Crippen molar-refractivity contribution >= 4 is 21.4 Å². The van der Waals surface area contributed by atoms with Gasteiger partial charge in [-0.2, -0.15) is 13.2 Å². The highest BCUT2D eigenvalue weighted by atomic mass is 35.5. The predicted octanol–water partition coefficient (Wildman–Crippen LogP) is 1.73. The SMILES string of the molecule is O=S(=O)(c1ccc(Cl)cc1)C1NNCC1C(F)(F)F. The summed E-state index contributed by atoms with van der Waals surface area (Å²) in [7, 11) is -4.14. The van der Waals surface area contributed by atoms with Crippen molar-refractivity contribution in [2.24, 2.45) is 5.92 Å². The predicted molar refractivity (Wildman–Crippen MR) is 63.1 cm³/mol. The number of halogens is 4. The number of nitrogens with one attached hydrogen (secondary N) is 2. The molecule has 2 unspecified atom stereocenters. The highest BCUT2D eigenvalue weighted by Crippen LogP contribution is 2.34. The van der Waals surface area contributed by atoms with E-state index < -0.39 is 33.9 Å². The van der Waals surface area contributed by atoms with Crippen LogP contribution in [0.25, 0.3) is 0 Å². The summed E-state index contributed by atoms with van der Waals surface area (Å²) in [5.74, 6) is -1.99. The largest absolute Gasteiger partial charge is 0.395 e. The molecular formula is C10H10ClF3N2O2S. The number of sulfone groups is 1. The Bertz CT molecular complexity index is 559. The monoisotopic (exact) mass is 314 g/mol. The number of hydrazine groups is 1. The van der Waals surface area contributed by atoms with E-state index in [1.54, 1.807) is 0 Å². The second kappa shape index (κ2) is 4.93. The van der Waals surface area contributed by atoms with Crippen LogP contribution in [0.1, 0.15) is 0 Å². The van der Waals surface area contributed by atoms with Crippen molar-refractivity contribution in [1.29, 1.82) is 0 Å². The third kappa shape index (κ3) is 2.86. The Balaban J connectivity index is 2.37. The Morgan fingerprint density at radius 2 is 1.79 bits per heavy atom. The molecule has 1 aliphatic rings. The molecule has 0 saturated carbocycles. The second-order valence-corrected chi connectivity index (χ2v) is 6.60. The van der Waals surface area contributed by atoms with E-state index in [9.17, 15) is 21.6 Å². The average molecular weight is 315 g/mol. The highest BCUT2D eigenvalue weighted by molar-refractivity contribution is 7.92. The van der Waals surface area contributed by atoms with Crippen molar-refractivity contribution in [2.45, 2.75) is 16.4 Å². The Labute approximate surface area is 112 Å². The van der Waals surface area contributed by atoms with Crippen molar-refractivity contribution in [3.8, 4) is 0 Å². The van der Waals surface area contributed by atoms with Crippen LogP contribution in [0.2, 0.25) is 5.02 Å². The van der Waals surface area contributed by atoms with E-state index in [-0.39, 0.29) is 4.90 Å². The molecule has 0 bridgehead atoms. The van der Waals surface area contributed by atoms with Crippen molar-refractivity contribution < 1.29 is 21.6 Å². The molecule has 1 heterocycles. The second-order valence-electron chi connectivity index (χ2n) is 4.09. The Hall–Kier alpha value is -0.830. The van der Waals surface area contributed by atoms with Crippen LogP contribution in [0.5, 0.6) is 0 Å². The van der Waals surface area contributed by atoms with Gasteiger partial charge in [-0.05, 0) is 24.3 Å². The smallest absolute Gasteiger partial charge is 0.256 e. The Kier molecular flexibility index (Phi) is 3.78. The summed E-state index contributed by atoms with van der Waals surface area (Å²) in [6, 6.07) is 5.01. The summed E-state index contributed by atoms with van der Waals surface area (Å²) < 4.78 is 62.6. The number of hydrogen-bond acceptors (Lipinski definition) is 4. The fraction of sp³-hybridized carbons (Fsp3) is 0.400. The number of benzene rings is 1. The molecule has 0 radical (unpaired) electrons. The van der Waals surface area contributed by atoms with Gasteiger partial charge in [-0.25, -0.2) is 13.8 Å². The van der Waals surface area contributed by atoms with E-state index in [1.807, 2.05) is 0 Å². The molecule has 0 aliphatic carbocycles. The minimum Gasteiger partial charge on any atom is -0.256 e. The van der Waals surface area contributed by atoms with Crippen LogP contribution in [0.15, 0.2) is 29.2 Å². The standard InChI is InChI=1S/C10H10ClF3N2O2S/c11-6-1-3-7(4-2-6)19(17,18)9-8(5-15-16-9)10(12,13)14/h1-4,8-9,15-16H,5H2. The lowest BCUT2D eigenvalue weighted by Crippen LogP contribution is -2.43. The van der Waals surface area contributed by atoms with Gasteiger partial charge in [0, 0.05) is 11.6 Å². The van der Waals surface area contributed by atoms with Crippen LogP contribution in [-0.2, 0) is 9.84 Å². The van der Waals surface area contributed by atoms with Crippen molar-refractivity contribution in [3.63, 3.8) is 0 Å². The van der Waals surface area contributed by atoms with E-state index in [0.717, 1.165) is 0 Å². The van der Waals surface area contributed by atoms with E-state index in [1.165, 1.54) is 24.3 Å². The molecule has 4 nitrogen and oxygen atoms in total. The summed E-state index contributed by atoms with van der Waals surface area (Å²) in [6.45, 7) is -0.485. The molecule has 9 heteroatoms. The molecule has 1 aliphatic heterocycles. The van der Waals surface area contributed by atoms with Gasteiger partial charge in [0.15, 0.2) is 9.84 Å². The zero-order chi connectivity index (χ0) is 14.3. The van der Waals surface area contributed by atoms with Gasteiger partial charge < -0.3 is 0 Å². The first-order chi connectivity index (χ1) is 8.73. The van der Waals surface area contributed by atoms with Crippen LogP contribution in [0, 0.1) is 5.92 Å². The summed E-state index contributed by atoms with van der Waals surface area (Å²) in [5.41, 5.74) is 4.42. The molecule has 2 N–H and O–H groups in total. The summed E-state index contributed by atoms with van der Waals surface area (Å²) in [4.78, 5) is -0.202. The topological polar surface area (TPSA) is 58.2 Å². The van der Waals surface area contributed by atoms with Crippen LogP contribution in [0.4, 0.5) is 13.2 Å². The maximum absolute atomic E-state index is 12.8. The maximum atomic E-state index is 12.8. The number of rotatable bonds is 2. The van der Waals surface area contributed by atoms with Gasteiger partial charge in [-0.1, -0.05) is 11.6 Å². The highest BCUT2D eigenvalue weighted by Gasteiger charge is 2.52. The molecule has 0 aromatic heterocycles. The van der Waals surface area contributed by atoms with Gasteiger partial charge in [-0.3, -0.25) is 5.43 Å². The Morgan fingerprint density at radius 1 is 1.21 bits per heavy atom. The lowest BCUT2D eigenvalue weighted by Gasteiger charge is -2.21. The first-order valence-corrected chi connectivity index (χ1v) is 7.20. The third-order valence-electron chi connectivity index (χ3n) is 2.83. The van der Waals surface area contributed by atoms with Crippen molar-refractivity contribution in [3.05, 3.63) is 29.3 Å². The fourth-order valence-corrected chi connectivity index (χ4v) is 3.69. The van der Waals surface area contributed by atoms with E-state index >= 15 is 0 Å². The van der Waals surface area contributed by atoms with Gasteiger partial charge in [0.2, 0.25) is 0 Å². The molecule has 2 atom stereocenters. The summed E-state index contributed by atoms with van der Waals surface area (Å²) in [5, 5.41) is -1.43. The normalized spacial score (nSPS) is 24.6. The quantitative estimate of drug-likeness (QED) is 0.873. The molecule has 106 valence electrons. The molecular weight excluding hydrogens is 305 g/mol. The van der Waals surface area contributed by atoms with Gasteiger partial charge in [-0.15, -0.1) is 0 Å². The average Bonchev–Trinajstić information content (AvgIpc) is 2.78. The first kappa shape index (κ1) is 14.6. The first-order valence-electron chi connectivity index (χ1n) is 5.27. The van der Waals surface area contributed by atoms with Crippen LogP contribution < -0.4 is 10.9 Å². The van der Waals surface area contributed by atoms with Gasteiger partial charge >= 0.3 is 6.18 Å². The van der Waals surface area contributed by atoms with Gasteiger partial charge in [0.05, 0.1) is 10.8 Å². The summed E-state index contributed by atoms with van der Waals surface area (Å²) >= 11 is 5.62. The minimum atomic E-state index is -4.60. The van der Waals surface area contributed by atoms with E-state index in [4.69, 9.17) is 11.6 Å². The zero-order valence-corrected chi connectivity index (χ0v) is 11.0. The minimum absolute atomic E-state index is 0.202. The molecule has 19 heavy (non-hydrogen) atoms. The van der Waals surface area contributed by atoms with Crippen LogP contribution in [-0.4, -0.2) is 26.5 Å². The zero-order valence-electron chi connectivity index (χ0n) is 9.41. The molecule has 1 saturated heterocycles. The lowest BCUT2D eigenvalue weighted by atomic mass is 10.1. The Morgan fingerprint density at radius 3 is 2.32 bits per heavy atom. The van der Waals surface area contributed by atoms with E-state index in [2.05, 4.69) is 10.9 Å². The van der Waals surface area contributed by atoms with Crippen molar-refractivity contribution in [2.75, 3.05) is 6.54 Å². The fourth-order valence-electron chi connectivity index (χ4n) is 1.83. The number of alkyl halides is 3. The molecule has 1 aromatic rings. The number of hydrogen-bond donors (Lipinski definition) is 2. The van der Waals surface area contributed by atoms with Crippen LogP contribution in [0.3, 0.4) is 0 Å². The molecule has 1 aromatic carbocycles. The summed E-state index contributed by atoms with van der Waals surface area (Å²) in [6.07, 6.45) is -4.60. The van der Waals surface area contributed by atoms with Crippen LogP contribution >= 0.6 is 11.6 Å². The third-order valence-corrected chi connectivity index (χ3v) is 5.12. The molecule has 2 rings (SSSR count). The van der Waals surface area contributed by atoms with E-state index in [0.29, 0.717) is 5.02 Å². The molecule has 0 amide bonds. The molecule has 0 spiro atoms. The molecule has 1 fully saturated rings. The van der Waals surface area contributed by atoms with Gasteiger partial charge in [0.1, 0.15) is 5.37 Å².